The summed E-state index contributed by atoms with van der Waals surface area (Å²) in [4.78, 5) is 4.56. The summed E-state index contributed by atoms with van der Waals surface area (Å²) in [5.41, 5.74) is 2.28. The third kappa shape index (κ3) is 8.63. The minimum absolute atomic E-state index is 0.629. The van der Waals surface area contributed by atoms with Crippen LogP contribution >= 0.6 is 0 Å². The van der Waals surface area contributed by atoms with E-state index in [9.17, 15) is 0 Å². The molecule has 0 aliphatic rings. The van der Waals surface area contributed by atoms with E-state index >= 15 is 0 Å². The van der Waals surface area contributed by atoms with Gasteiger partial charge in [0.25, 0.3) is 0 Å². The largest absolute Gasteiger partial charge is 0.500 e. The van der Waals surface area contributed by atoms with Crippen molar-refractivity contribution in [2.45, 2.75) is 53.5 Å². The molecule has 4 nitrogen and oxygen atoms in total. The third-order valence-electron chi connectivity index (χ3n) is 2.67. The van der Waals surface area contributed by atoms with Crippen molar-refractivity contribution in [3.63, 3.8) is 0 Å². The molecule has 0 aromatic rings. The van der Waals surface area contributed by atoms with E-state index in [4.69, 9.17) is 13.3 Å². The summed E-state index contributed by atoms with van der Waals surface area (Å²) in [6, 6.07) is 0.826. The zero-order chi connectivity index (χ0) is 15.4. The molecule has 0 aromatic heterocycles. The zero-order valence-corrected chi connectivity index (χ0v) is 14.8. The van der Waals surface area contributed by atoms with Gasteiger partial charge in [0.1, 0.15) is 0 Å². The summed E-state index contributed by atoms with van der Waals surface area (Å²) in [7, 11) is -2.49. The molecule has 0 N–H and O–H groups in total. The van der Waals surface area contributed by atoms with Crippen molar-refractivity contribution in [3.8, 4) is 0 Å². The second-order valence-corrected chi connectivity index (χ2v) is 7.57. The fourth-order valence-electron chi connectivity index (χ4n) is 2.06. The van der Waals surface area contributed by atoms with Crippen molar-refractivity contribution < 1.29 is 13.3 Å². The number of nitrogens with zero attached hydrogens (tertiary/aromatic N) is 1. The Hall–Kier alpha value is -0.493. The van der Waals surface area contributed by atoms with Gasteiger partial charge < -0.3 is 13.3 Å². The molecule has 20 heavy (non-hydrogen) atoms. The van der Waals surface area contributed by atoms with Crippen LogP contribution in [0.15, 0.2) is 17.1 Å². The second-order valence-electron chi connectivity index (χ2n) is 4.84. The Morgan fingerprint density at radius 2 is 1.50 bits per heavy atom. The van der Waals surface area contributed by atoms with E-state index in [1.807, 2.05) is 34.6 Å². The molecule has 0 bridgehead atoms. The Kier molecular flexibility index (Phi) is 10.9. The molecule has 0 rings (SSSR count). The van der Waals surface area contributed by atoms with Crippen molar-refractivity contribution in [1.82, 2.24) is 0 Å². The van der Waals surface area contributed by atoms with Gasteiger partial charge in [-0.2, -0.15) is 0 Å². The summed E-state index contributed by atoms with van der Waals surface area (Å²) >= 11 is 0. The summed E-state index contributed by atoms with van der Waals surface area (Å²) in [5, 5.41) is 0. The fourth-order valence-corrected chi connectivity index (χ4v) is 4.65. The normalized spacial score (nSPS) is 12.8. The molecule has 5 heteroatoms. The Labute approximate surface area is 125 Å². The molecule has 0 unspecified atom stereocenters. The van der Waals surface area contributed by atoms with Crippen LogP contribution in [-0.4, -0.2) is 40.9 Å². The lowest BCUT2D eigenvalue weighted by Gasteiger charge is -2.28. The lowest BCUT2D eigenvalue weighted by molar-refractivity contribution is 0.0710. The van der Waals surface area contributed by atoms with Crippen molar-refractivity contribution in [2.75, 3.05) is 26.4 Å². The van der Waals surface area contributed by atoms with Crippen molar-refractivity contribution in [3.05, 3.63) is 12.2 Å². The van der Waals surface area contributed by atoms with Gasteiger partial charge in [-0.3, -0.25) is 4.99 Å². The molecule has 0 fully saturated rings. The maximum absolute atomic E-state index is 5.81. The van der Waals surface area contributed by atoms with Gasteiger partial charge in [0.05, 0.1) is 0 Å². The highest BCUT2D eigenvalue weighted by Gasteiger charge is 2.39. The number of hydrogen-bond donors (Lipinski definition) is 0. The van der Waals surface area contributed by atoms with Gasteiger partial charge in [0.15, 0.2) is 0 Å². The smallest absolute Gasteiger partial charge is 0.374 e. The molecule has 0 spiro atoms. The van der Waals surface area contributed by atoms with Crippen LogP contribution in [0.25, 0.3) is 0 Å². The first kappa shape index (κ1) is 19.5. The van der Waals surface area contributed by atoms with Crippen LogP contribution in [-0.2, 0) is 13.3 Å². The van der Waals surface area contributed by atoms with Gasteiger partial charge in [-0.15, -0.1) is 0 Å². The minimum Gasteiger partial charge on any atom is -0.374 e. The highest BCUT2D eigenvalue weighted by Crippen LogP contribution is 2.18. The Morgan fingerprint density at radius 3 is 1.90 bits per heavy atom. The first-order valence-electron chi connectivity index (χ1n) is 7.55. The summed E-state index contributed by atoms with van der Waals surface area (Å²) in [5.74, 6) is 0. The molecule has 0 aliphatic carbocycles. The standard InChI is InChI=1S/C15H31NO3Si/c1-7-17-20(18-8-2,19-9-3)12-10-11-16-15(6)13-14(4)5/h4,7-13H2,1-3,5-6H3. The zero-order valence-electron chi connectivity index (χ0n) is 13.8. The average Bonchev–Trinajstić information content (AvgIpc) is 2.35. The Balaban J connectivity index is 4.34. The summed E-state index contributed by atoms with van der Waals surface area (Å²) in [6.45, 7) is 16.6. The summed E-state index contributed by atoms with van der Waals surface area (Å²) in [6.07, 6.45) is 1.81. The van der Waals surface area contributed by atoms with Crippen molar-refractivity contribution >= 4 is 14.5 Å². The van der Waals surface area contributed by atoms with Gasteiger partial charge >= 0.3 is 8.80 Å². The van der Waals surface area contributed by atoms with Gasteiger partial charge in [-0.05, 0) is 41.0 Å². The number of aliphatic imine (C=N–C) groups is 1. The van der Waals surface area contributed by atoms with Crippen LogP contribution in [0, 0.1) is 0 Å². The maximum atomic E-state index is 5.81. The predicted molar refractivity (Wildman–Crippen MR) is 87.5 cm³/mol. The molecule has 0 amide bonds. The van der Waals surface area contributed by atoms with E-state index in [1.165, 1.54) is 0 Å². The maximum Gasteiger partial charge on any atom is 0.500 e. The van der Waals surface area contributed by atoms with E-state index < -0.39 is 8.80 Å². The highest BCUT2D eigenvalue weighted by molar-refractivity contribution is 6.60. The van der Waals surface area contributed by atoms with Gasteiger partial charge in [0, 0.05) is 44.5 Å². The van der Waals surface area contributed by atoms with Crippen LogP contribution in [0.2, 0.25) is 6.04 Å². The topological polar surface area (TPSA) is 40.0 Å². The molecular formula is C15H31NO3Si. The monoisotopic (exact) mass is 301 g/mol. The van der Waals surface area contributed by atoms with Crippen LogP contribution in [0.4, 0.5) is 0 Å². The Morgan fingerprint density at radius 1 is 1.00 bits per heavy atom. The molecule has 0 heterocycles. The van der Waals surface area contributed by atoms with E-state index in [0.717, 1.165) is 36.7 Å². The van der Waals surface area contributed by atoms with Gasteiger partial charge in [0.2, 0.25) is 0 Å². The van der Waals surface area contributed by atoms with E-state index in [1.54, 1.807) is 0 Å². The molecule has 0 saturated heterocycles. The van der Waals surface area contributed by atoms with E-state index in [-0.39, 0.29) is 0 Å². The molecule has 0 atom stereocenters. The van der Waals surface area contributed by atoms with Crippen LogP contribution in [0.1, 0.15) is 47.5 Å². The third-order valence-corrected chi connectivity index (χ3v) is 5.82. The summed E-state index contributed by atoms with van der Waals surface area (Å²) < 4.78 is 17.4. The number of rotatable bonds is 12. The predicted octanol–water partition coefficient (Wildman–Crippen LogP) is 3.85. The molecule has 0 saturated carbocycles. The molecule has 118 valence electrons. The SMILES string of the molecule is C=C(C)CC(C)=NCCC[Si](OCC)(OCC)OCC. The van der Waals surface area contributed by atoms with Gasteiger partial charge in [-0.25, -0.2) is 0 Å². The number of hydrogen-bond acceptors (Lipinski definition) is 4. The lowest BCUT2D eigenvalue weighted by Crippen LogP contribution is -2.46. The van der Waals surface area contributed by atoms with E-state index in [2.05, 4.69) is 11.6 Å². The van der Waals surface area contributed by atoms with Crippen LogP contribution < -0.4 is 0 Å². The fraction of sp³-hybridized carbons (Fsp3) is 0.800. The second kappa shape index (κ2) is 11.2. The average molecular weight is 302 g/mol. The molecular weight excluding hydrogens is 270 g/mol. The van der Waals surface area contributed by atoms with E-state index in [0.29, 0.717) is 19.8 Å². The van der Waals surface area contributed by atoms with Crippen molar-refractivity contribution in [2.24, 2.45) is 4.99 Å². The van der Waals surface area contributed by atoms with Crippen LogP contribution in [0.5, 0.6) is 0 Å². The molecule has 0 radical (unpaired) electrons. The van der Waals surface area contributed by atoms with Crippen molar-refractivity contribution in [1.29, 1.82) is 0 Å². The van der Waals surface area contributed by atoms with Crippen LogP contribution in [0.3, 0.4) is 0 Å². The number of allylic oxidation sites excluding steroid dienone is 1. The first-order valence-corrected chi connectivity index (χ1v) is 9.49. The molecule has 0 aromatic carbocycles. The minimum atomic E-state index is -2.49. The quantitative estimate of drug-likeness (QED) is 0.238. The lowest BCUT2D eigenvalue weighted by atomic mass is 10.2. The van der Waals surface area contributed by atoms with Gasteiger partial charge in [-0.1, -0.05) is 12.2 Å². The molecule has 0 aliphatic heterocycles. The Bertz CT molecular complexity index is 288. The highest BCUT2D eigenvalue weighted by atomic mass is 28.4. The first-order chi connectivity index (χ1) is 9.49.